The Morgan fingerprint density at radius 2 is 2.05 bits per heavy atom. The van der Waals surface area contributed by atoms with E-state index in [2.05, 4.69) is 37.4 Å². The van der Waals surface area contributed by atoms with Crippen LogP contribution in [0.25, 0.3) is 0 Å². The van der Waals surface area contributed by atoms with Crippen LogP contribution in [0.3, 0.4) is 0 Å². The summed E-state index contributed by atoms with van der Waals surface area (Å²) >= 11 is 0. The molecule has 1 aliphatic carbocycles. The second-order valence-electron chi connectivity index (χ2n) is 7.00. The van der Waals surface area contributed by atoms with E-state index in [4.69, 9.17) is 0 Å². The molecule has 1 aliphatic rings. The van der Waals surface area contributed by atoms with Crippen molar-refractivity contribution in [3.05, 3.63) is 18.0 Å². The van der Waals surface area contributed by atoms with E-state index in [1.54, 1.807) is 0 Å². The van der Waals surface area contributed by atoms with Crippen molar-refractivity contribution in [2.45, 2.75) is 65.3 Å². The van der Waals surface area contributed by atoms with Crippen molar-refractivity contribution in [1.82, 2.24) is 15.1 Å². The lowest BCUT2D eigenvalue weighted by molar-refractivity contribution is 0.155. The molecule has 1 heterocycles. The molecule has 1 aromatic rings. The summed E-state index contributed by atoms with van der Waals surface area (Å²) in [7, 11) is 2.01. The molecule has 3 heteroatoms. The fraction of sp³-hybridized carbons (Fsp3) is 0.824. The zero-order valence-electron chi connectivity index (χ0n) is 13.7. The molecule has 3 nitrogen and oxygen atoms in total. The van der Waals surface area contributed by atoms with Gasteiger partial charge in [-0.3, -0.25) is 4.68 Å². The molecule has 114 valence electrons. The van der Waals surface area contributed by atoms with Crippen LogP contribution in [0.5, 0.6) is 0 Å². The zero-order chi connectivity index (χ0) is 14.6. The van der Waals surface area contributed by atoms with Gasteiger partial charge < -0.3 is 5.32 Å². The summed E-state index contributed by atoms with van der Waals surface area (Å²) in [5.74, 6) is 0.781. The number of aryl methyl sites for hydroxylation is 1. The van der Waals surface area contributed by atoms with Crippen LogP contribution in [-0.2, 0) is 13.5 Å². The Morgan fingerprint density at radius 1 is 1.35 bits per heavy atom. The van der Waals surface area contributed by atoms with Gasteiger partial charge in [0.1, 0.15) is 0 Å². The van der Waals surface area contributed by atoms with Gasteiger partial charge in [-0.05, 0) is 49.1 Å². The van der Waals surface area contributed by atoms with Crippen molar-refractivity contribution >= 4 is 0 Å². The summed E-state index contributed by atoms with van der Waals surface area (Å²) in [6.45, 7) is 8.03. The molecule has 1 N–H and O–H groups in total. The number of hydrogen-bond donors (Lipinski definition) is 1. The van der Waals surface area contributed by atoms with E-state index in [1.165, 1.54) is 37.7 Å². The van der Waals surface area contributed by atoms with Crippen LogP contribution in [0, 0.1) is 11.3 Å². The maximum Gasteiger partial charge on any atom is 0.0522 e. The summed E-state index contributed by atoms with van der Waals surface area (Å²) in [5, 5.41) is 8.12. The van der Waals surface area contributed by atoms with Crippen LogP contribution in [0.4, 0.5) is 0 Å². The number of aromatic nitrogens is 2. The molecular weight excluding hydrogens is 246 g/mol. The molecule has 0 radical (unpaired) electrons. The van der Waals surface area contributed by atoms with Gasteiger partial charge in [0.05, 0.1) is 6.20 Å². The average Bonchev–Trinajstić information content (AvgIpc) is 2.98. The van der Waals surface area contributed by atoms with Crippen LogP contribution in [0.2, 0.25) is 0 Å². The third-order valence-corrected chi connectivity index (χ3v) is 4.80. The van der Waals surface area contributed by atoms with E-state index in [-0.39, 0.29) is 0 Å². The van der Waals surface area contributed by atoms with Crippen molar-refractivity contribution in [1.29, 1.82) is 0 Å². The van der Waals surface area contributed by atoms with E-state index in [9.17, 15) is 0 Å². The van der Waals surface area contributed by atoms with E-state index in [1.807, 2.05) is 17.9 Å². The third-order valence-electron chi connectivity index (χ3n) is 4.80. The van der Waals surface area contributed by atoms with Gasteiger partial charge in [-0.25, -0.2) is 0 Å². The number of likely N-dealkylation sites (N-methyl/N-ethyl adjacent to an activating group) is 1. The lowest BCUT2D eigenvalue weighted by Crippen LogP contribution is -2.46. The van der Waals surface area contributed by atoms with Gasteiger partial charge >= 0.3 is 0 Å². The zero-order valence-corrected chi connectivity index (χ0v) is 13.7. The van der Waals surface area contributed by atoms with Crippen LogP contribution in [0.15, 0.2) is 12.4 Å². The first kappa shape index (κ1) is 15.6. The van der Waals surface area contributed by atoms with Gasteiger partial charge in [-0.1, -0.05) is 33.6 Å². The molecule has 1 unspecified atom stereocenters. The molecule has 0 spiro atoms. The first-order chi connectivity index (χ1) is 9.55. The molecule has 0 aliphatic heterocycles. The molecule has 0 saturated heterocycles. The quantitative estimate of drug-likeness (QED) is 0.826. The Bertz CT molecular complexity index is 402. The molecular formula is C17H31N3. The lowest BCUT2D eigenvalue weighted by Gasteiger charge is -2.40. The third kappa shape index (κ3) is 3.63. The molecule has 1 fully saturated rings. The molecule has 0 amide bonds. The number of rotatable bonds is 7. The van der Waals surface area contributed by atoms with Gasteiger partial charge in [0.25, 0.3) is 0 Å². The SMILES string of the molecule is CCNC(Cc1cnn(C)c1)C1(CC(C)C)CCCC1. The summed E-state index contributed by atoms with van der Waals surface area (Å²) in [5.41, 5.74) is 1.87. The maximum atomic E-state index is 4.33. The van der Waals surface area contributed by atoms with Gasteiger partial charge in [0.15, 0.2) is 0 Å². The average molecular weight is 277 g/mol. The smallest absolute Gasteiger partial charge is 0.0522 e. The summed E-state index contributed by atoms with van der Waals surface area (Å²) in [6, 6.07) is 0.599. The highest BCUT2D eigenvalue weighted by Crippen LogP contribution is 2.46. The summed E-state index contributed by atoms with van der Waals surface area (Å²) in [6.07, 6.45) is 12.3. The van der Waals surface area contributed by atoms with E-state index >= 15 is 0 Å². The number of nitrogens with zero attached hydrogens (tertiary/aromatic N) is 2. The first-order valence-electron chi connectivity index (χ1n) is 8.26. The van der Waals surface area contributed by atoms with Crippen LogP contribution in [-0.4, -0.2) is 22.4 Å². The van der Waals surface area contributed by atoms with Crippen LogP contribution >= 0.6 is 0 Å². The Morgan fingerprint density at radius 3 is 2.55 bits per heavy atom. The highest BCUT2D eigenvalue weighted by atomic mass is 15.2. The summed E-state index contributed by atoms with van der Waals surface area (Å²) < 4.78 is 1.92. The van der Waals surface area contributed by atoms with E-state index in [0.717, 1.165) is 18.9 Å². The highest BCUT2D eigenvalue weighted by Gasteiger charge is 2.41. The number of nitrogens with one attached hydrogen (secondary N) is 1. The fourth-order valence-electron chi connectivity index (χ4n) is 4.15. The minimum Gasteiger partial charge on any atom is -0.313 e. The normalized spacial score (nSPS) is 19.6. The van der Waals surface area contributed by atoms with Crippen molar-refractivity contribution in [2.75, 3.05) is 6.54 Å². The van der Waals surface area contributed by atoms with Crippen LogP contribution < -0.4 is 5.32 Å². The molecule has 20 heavy (non-hydrogen) atoms. The van der Waals surface area contributed by atoms with Gasteiger partial charge in [0.2, 0.25) is 0 Å². The van der Waals surface area contributed by atoms with Crippen LogP contribution in [0.1, 0.15) is 58.4 Å². The highest BCUT2D eigenvalue weighted by molar-refractivity contribution is 5.09. The van der Waals surface area contributed by atoms with Crippen molar-refractivity contribution < 1.29 is 0 Å². The summed E-state index contributed by atoms with van der Waals surface area (Å²) in [4.78, 5) is 0. The predicted octanol–water partition coefficient (Wildman–Crippen LogP) is 3.55. The first-order valence-corrected chi connectivity index (χ1v) is 8.26. The molecule has 0 bridgehead atoms. The van der Waals surface area contributed by atoms with Crippen molar-refractivity contribution in [3.8, 4) is 0 Å². The second-order valence-corrected chi connectivity index (χ2v) is 7.00. The van der Waals surface area contributed by atoms with E-state index < -0.39 is 0 Å². The minimum absolute atomic E-state index is 0.500. The standard InChI is InChI=1S/C17H31N3/c1-5-18-16(10-15-12-19-20(4)13-15)17(11-14(2)3)8-6-7-9-17/h12-14,16,18H,5-11H2,1-4H3. The fourth-order valence-corrected chi connectivity index (χ4v) is 4.15. The molecule has 1 saturated carbocycles. The van der Waals surface area contributed by atoms with Gasteiger partial charge in [0, 0.05) is 19.3 Å². The molecule has 2 rings (SSSR count). The Kier molecular flexibility index (Phi) is 5.25. The second kappa shape index (κ2) is 6.75. The Balaban J connectivity index is 2.15. The predicted molar refractivity (Wildman–Crippen MR) is 84.7 cm³/mol. The molecule has 0 aromatic carbocycles. The van der Waals surface area contributed by atoms with E-state index in [0.29, 0.717) is 11.5 Å². The molecule has 1 atom stereocenters. The minimum atomic E-state index is 0.500. The van der Waals surface area contributed by atoms with Gasteiger partial charge in [-0.2, -0.15) is 5.10 Å². The Labute approximate surface area is 124 Å². The van der Waals surface area contributed by atoms with Crippen molar-refractivity contribution in [3.63, 3.8) is 0 Å². The Hall–Kier alpha value is -0.830. The topological polar surface area (TPSA) is 29.9 Å². The monoisotopic (exact) mass is 277 g/mol. The lowest BCUT2D eigenvalue weighted by atomic mass is 9.71. The maximum absolute atomic E-state index is 4.33. The number of hydrogen-bond acceptors (Lipinski definition) is 2. The largest absolute Gasteiger partial charge is 0.313 e. The van der Waals surface area contributed by atoms with Gasteiger partial charge in [-0.15, -0.1) is 0 Å². The molecule has 1 aromatic heterocycles. The van der Waals surface area contributed by atoms with Crippen molar-refractivity contribution in [2.24, 2.45) is 18.4 Å².